The van der Waals surface area contributed by atoms with E-state index in [1.54, 1.807) is 14.2 Å². The zero-order chi connectivity index (χ0) is 20.5. The number of anilines is 1. The molecule has 30 heavy (non-hydrogen) atoms. The Bertz CT molecular complexity index is 1080. The number of rotatable bonds is 4. The standard InChI is InChI=1S/C23H25N3O4/c1-27-19-8-5-7-16(22(19)28-2)21-17-6-3-4-11-24-23(17)26(25-21)15-9-10-18-20(14-15)30-13-12-29-18/h5,7-10,14,24H,3-4,6,11-13H2,1-2H3. The van der Waals surface area contributed by atoms with Crippen LogP contribution in [-0.4, -0.2) is 43.8 Å². The van der Waals surface area contributed by atoms with Gasteiger partial charge in [-0.25, -0.2) is 4.68 Å². The van der Waals surface area contributed by atoms with Crippen LogP contribution in [-0.2, 0) is 6.42 Å². The number of hydrogen-bond donors (Lipinski definition) is 1. The van der Waals surface area contributed by atoms with Crippen molar-refractivity contribution in [2.45, 2.75) is 19.3 Å². The highest BCUT2D eigenvalue weighted by Gasteiger charge is 2.25. The third-order valence-corrected chi connectivity index (χ3v) is 5.56. The zero-order valence-corrected chi connectivity index (χ0v) is 17.2. The first-order valence-electron chi connectivity index (χ1n) is 10.3. The molecule has 2 aromatic carbocycles. The molecule has 0 spiro atoms. The Morgan fingerprint density at radius 3 is 2.70 bits per heavy atom. The van der Waals surface area contributed by atoms with E-state index in [4.69, 9.17) is 24.0 Å². The van der Waals surface area contributed by atoms with Crippen molar-refractivity contribution < 1.29 is 18.9 Å². The number of aromatic nitrogens is 2. The molecule has 3 heterocycles. The van der Waals surface area contributed by atoms with Gasteiger partial charge in [0.2, 0.25) is 0 Å². The van der Waals surface area contributed by atoms with Gasteiger partial charge in [-0.15, -0.1) is 0 Å². The molecule has 3 aromatic rings. The second kappa shape index (κ2) is 7.82. The first-order chi connectivity index (χ1) is 14.8. The number of methoxy groups -OCH3 is 2. The molecule has 2 aliphatic rings. The third-order valence-electron chi connectivity index (χ3n) is 5.56. The molecule has 0 bridgehead atoms. The van der Waals surface area contributed by atoms with Crippen molar-refractivity contribution in [2.75, 3.05) is 39.3 Å². The van der Waals surface area contributed by atoms with Gasteiger partial charge in [-0.2, -0.15) is 5.10 Å². The molecule has 1 N–H and O–H groups in total. The number of para-hydroxylation sites is 1. The molecular weight excluding hydrogens is 382 g/mol. The quantitative estimate of drug-likeness (QED) is 0.703. The highest BCUT2D eigenvalue weighted by molar-refractivity contribution is 5.78. The van der Waals surface area contributed by atoms with Crippen LogP contribution >= 0.6 is 0 Å². The van der Waals surface area contributed by atoms with Crippen molar-refractivity contribution in [2.24, 2.45) is 0 Å². The molecule has 0 radical (unpaired) electrons. The summed E-state index contributed by atoms with van der Waals surface area (Å²) in [6.07, 6.45) is 3.17. The lowest BCUT2D eigenvalue weighted by molar-refractivity contribution is 0.171. The summed E-state index contributed by atoms with van der Waals surface area (Å²) in [5.41, 5.74) is 3.95. The number of nitrogens with one attached hydrogen (secondary N) is 1. The maximum absolute atomic E-state index is 5.79. The molecule has 0 saturated heterocycles. The minimum Gasteiger partial charge on any atom is -0.493 e. The van der Waals surface area contributed by atoms with Crippen LogP contribution in [0.2, 0.25) is 0 Å². The largest absolute Gasteiger partial charge is 0.493 e. The predicted octanol–water partition coefficient (Wildman–Crippen LogP) is 4.08. The molecule has 2 aliphatic heterocycles. The lowest BCUT2D eigenvalue weighted by atomic mass is 10.0. The van der Waals surface area contributed by atoms with Crippen molar-refractivity contribution >= 4 is 5.82 Å². The second-order valence-electron chi connectivity index (χ2n) is 7.34. The van der Waals surface area contributed by atoms with Crippen molar-refractivity contribution in [3.05, 3.63) is 42.0 Å². The van der Waals surface area contributed by atoms with E-state index in [-0.39, 0.29) is 0 Å². The molecule has 0 amide bonds. The lowest BCUT2D eigenvalue weighted by Crippen LogP contribution is -2.15. The summed E-state index contributed by atoms with van der Waals surface area (Å²) in [4.78, 5) is 0. The van der Waals surface area contributed by atoms with Gasteiger partial charge in [0.25, 0.3) is 0 Å². The monoisotopic (exact) mass is 407 g/mol. The molecular formula is C23H25N3O4. The van der Waals surface area contributed by atoms with Gasteiger partial charge in [-0.1, -0.05) is 6.07 Å². The van der Waals surface area contributed by atoms with E-state index in [1.165, 1.54) is 5.56 Å². The molecule has 0 aliphatic carbocycles. The van der Waals surface area contributed by atoms with E-state index in [1.807, 2.05) is 41.1 Å². The lowest BCUT2D eigenvalue weighted by Gasteiger charge is -2.19. The summed E-state index contributed by atoms with van der Waals surface area (Å²) in [7, 11) is 3.31. The van der Waals surface area contributed by atoms with Crippen molar-refractivity contribution in [3.8, 4) is 39.9 Å². The average molecular weight is 407 g/mol. The molecule has 156 valence electrons. The normalized spacial score (nSPS) is 15.0. The summed E-state index contributed by atoms with van der Waals surface area (Å²) >= 11 is 0. The number of benzene rings is 2. The van der Waals surface area contributed by atoms with E-state index >= 15 is 0 Å². The van der Waals surface area contributed by atoms with Crippen LogP contribution in [0.1, 0.15) is 18.4 Å². The van der Waals surface area contributed by atoms with Gasteiger partial charge in [0, 0.05) is 23.7 Å². The molecule has 7 heteroatoms. The predicted molar refractivity (Wildman–Crippen MR) is 115 cm³/mol. The van der Waals surface area contributed by atoms with Gasteiger partial charge in [-0.05, 0) is 43.5 Å². The smallest absolute Gasteiger partial charge is 0.170 e. The minimum absolute atomic E-state index is 0.554. The Labute approximate surface area is 175 Å². The van der Waals surface area contributed by atoms with E-state index in [2.05, 4.69) is 5.32 Å². The number of ether oxygens (including phenoxy) is 4. The molecule has 1 aromatic heterocycles. The van der Waals surface area contributed by atoms with E-state index in [0.29, 0.717) is 24.7 Å². The van der Waals surface area contributed by atoms with Crippen LogP contribution in [0.5, 0.6) is 23.0 Å². The van der Waals surface area contributed by atoms with Gasteiger partial charge in [0.15, 0.2) is 23.0 Å². The van der Waals surface area contributed by atoms with Crippen molar-refractivity contribution in [1.29, 1.82) is 0 Å². The van der Waals surface area contributed by atoms with E-state index < -0.39 is 0 Å². The Morgan fingerprint density at radius 1 is 1.00 bits per heavy atom. The van der Waals surface area contributed by atoms with Gasteiger partial charge < -0.3 is 24.3 Å². The summed E-state index contributed by atoms with van der Waals surface area (Å²) in [6, 6.07) is 11.8. The molecule has 5 rings (SSSR count). The van der Waals surface area contributed by atoms with E-state index in [0.717, 1.165) is 60.1 Å². The van der Waals surface area contributed by atoms with Crippen LogP contribution in [0.25, 0.3) is 16.9 Å². The fourth-order valence-electron chi connectivity index (χ4n) is 4.14. The first-order valence-corrected chi connectivity index (χ1v) is 10.3. The first kappa shape index (κ1) is 18.7. The maximum atomic E-state index is 5.79. The Kier molecular flexibility index (Phi) is 4.86. The van der Waals surface area contributed by atoms with Gasteiger partial charge in [-0.3, -0.25) is 0 Å². The second-order valence-corrected chi connectivity index (χ2v) is 7.34. The molecule has 0 saturated carbocycles. The van der Waals surface area contributed by atoms with Crippen molar-refractivity contribution in [1.82, 2.24) is 9.78 Å². The van der Waals surface area contributed by atoms with Gasteiger partial charge in [0.1, 0.15) is 24.7 Å². The van der Waals surface area contributed by atoms with Gasteiger partial charge >= 0.3 is 0 Å². The summed E-state index contributed by atoms with van der Waals surface area (Å²) < 4.78 is 24.6. The number of hydrogen-bond acceptors (Lipinski definition) is 6. The van der Waals surface area contributed by atoms with Crippen LogP contribution in [0.4, 0.5) is 5.82 Å². The highest BCUT2D eigenvalue weighted by Crippen LogP contribution is 2.42. The van der Waals surface area contributed by atoms with Crippen LogP contribution < -0.4 is 24.3 Å². The SMILES string of the molecule is COc1cccc(-c2nn(-c3ccc4c(c3)OCCO4)c3c2CCCCN3)c1OC. The summed E-state index contributed by atoms with van der Waals surface area (Å²) in [6.45, 7) is 2.04. The summed E-state index contributed by atoms with van der Waals surface area (Å²) in [5.74, 6) is 3.92. The van der Waals surface area contributed by atoms with Crippen LogP contribution in [0, 0.1) is 0 Å². The average Bonchev–Trinajstić information content (AvgIpc) is 2.98. The van der Waals surface area contributed by atoms with Crippen molar-refractivity contribution in [3.63, 3.8) is 0 Å². The molecule has 0 unspecified atom stereocenters. The highest BCUT2D eigenvalue weighted by atomic mass is 16.6. The van der Waals surface area contributed by atoms with Crippen LogP contribution in [0.15, 0.2) is 36.4 Å². The van der Waals surface area contributed by atoms with Gasteiger partial charge in [0.05, 0.1) is 19.9 Å². The Hall–Kier alpha value is -3.35. The topological polar surface area (TPSA) is 66.8 Å². The fraction of sp³-hybridized carbons (Fsp3) is 0.348. The number of nitrogens with zero attached hydrogens (tertiary/aromatic N) is 2. The minimum atomic E-state index is 0.554. The maximum Gasteiger partial charge on any atom is 0.170 e. The zero-order valence-electron chi connectivity index (χ0n) is 17.2. The molecule has 7 nitrogen and oxygen atoms in total. The van der Waals surface area contributed by atoms with E-state index in [9.17, 15) is 0 Å². The summed E-state index contributed by atoms with van der Waals surface area (Å²) in [5, 5.41) is 8.61. The molecule has 0 atom stereocenters. The Morgan fingerprint density at radius 2 is 1.87 bits per heavy atom. The number of fused-ring (bicyclic) bond motifs is 2. The fourth-order valence-corrected chi connectivity index (χ4v) is 4.14. The third kappa shape index (κ3) is 3.10. The Balaban J connectivity index is 1.69. The van der Waals surface area contributed by atoms with Crippen LogP contribution in [0.3, 0.4) is 0 Å². The molecule has 0 fully saturated rings.